The van der Waals surface area contributed by atoms with Gasteiger partial charge < -0.3 is 4.42 Å². The number of furan rings is 1. The van der Waals surface area contributed by atoms with Crippen molar-refractivity contribution in [3.05, 3.63) is 63.6 Å². The number of aromatic nitrogens is 2. The zero-order valence-corrected chi connectivity index (χ0v) is 14.6. The molecule has 0 unspecified atom stereocenters. The minimum atomic E-state index is 0.438. The number of hydrogen-bond donors (Lipinski definition) is 1. The number of hydrogen-bond acceptors (Lipinski definition) is 5. The minimum Gasteiger partial charge on any atom is -0.455 e. The molecule has 0 atom stereocenters. The van der Waals surface area contributed by atoms with Crippen LogP contribution in [0.5, 0.6) is 0 Å². The summed E-state index contributed by atoms with van der Waals surface area (Å²) in [5, 5.41) is 5.25. The Morgan fingerprint density at radius 2 is 1.79 bits per heavy atom. The second-order valence-corrected chi connectivity index (χ2v) is 6.01. The molecule has 2 aromatic heterocycles. The van der Waals surface area contributed by atoms with Gasteiger partial charge in [-0.25, -0.2) is 15.4 Å². The van der Waals surface area contributed by atoms with Crippen LogP contribution in [0.25, 0.3) is 11.3 Å². The minimum absolute atomic E-state index is 0.438. The van der Waals surface area contributed by atoms with E-state index in [-0.39, 0.29) is 0 Å². The molecule has 7 heteroatoms. The fraction of sp³-hybridized carbons (Fsp3) is 0.118. The Morgan fingerprint density at radius 3 is 2.54 bits per heavy atom. The van der Waals surface area contributed by atoms with E-state index in [1.165, 1.54) is 0 Å². The lowest BCUT2D eigenvalue weighted by molar-refractivity contribution is 0.575. The van der Waals surface area contributed by atoms with Crippen LogP contribution in [-0.2, 0) is 0 Å². The zero-order chi connectivity index (χ0) is 17.1. The Bertz CT molecular complexity index is 885. The molecule has 5 nitrogen and oxygen atoms in total. The van der Waals surface area contributed by atoms with Crippen molar-refractivity contribution in [2.75, 3.05) is 5.43 Å². The summed E-state index contributed by atoms with van der Waals surface area (Å²) in [5.74, 6) is 1.62. The van der Waals surface area contributed by atoms with Crippen molar-refractivity contribution >= 4 is 35.4 Å². The summed E-state index contributed by atoms with van der Waals surface area (Å²) in [4.78, 5) is 8.48. The Balaban J connectivity index is 1.75. The monoisotopic (exact) mass is 360 g/mol. The molecule has 0 aliphatic carbocycles. The number of aryl methyl sites for hydroxylation is 2. The SMILES string of the molecule is Cc1cc(C)nc(N/N=C\c2ccc(-c3cc(Cl)ccc3Cl)o2)n1. The molecule has 3 rings (SSSR count). The van der Waals surface area contributed by atoms with Gasteiger partial charge in [0.1, 0.15) is 11.5 Å². The van der Waals surface area contributed by atoms with Crippen molar-refractivity contribution in [1.29, 1.82) is 0 Å². The van der Waals surface area contributed by atoms with Crippen molar-refractivity contribution in [1.82, 2.24) is 9.97 Å². The molecular formula is C17H14Cl2N4O. The third-order valence-electron chi connectivity index (χ3n) is 3.16. The van der Waals surface area contributed by atoms with Crippen LogP contribution < -0.4 is 5.43 Å². The Hall–Kier alpha value is -2.37. The third kappa shape index (κ3) is 3.93. The van der Waals surface area contributed by atoms with Crippen molar-refractivity contribution in [3.8, 4) is 11.3 Å². The Labute approximate surface area is 149 Å². The van der Waals surface area contributed by atoms with Gasteiger partial charge in [-0.3, -0.25) is 0 Å². The standard InChI is InChI=1S/C17H14Cl2N4O/c1-10-7-11(2)22-17(21-10)23-20-9-13-4-6-16(24-13)14-8-12(18)3-5-15(14)19/h3-9H,1-2H3,(H,21,22,23)/b20-9-. The molecule has 24 heavy (non-hydrogen) atoms. The summed E-state index contributed by atoms with van der Waals surface area (Å²) in [6.45, 7) is 3.80. The van der Waals surface area contributed by atoms with Gasteiger partial charge in [0, 0.05) is 22.0 Å². The maximum Gasteiger partial charge on any atom is 0.243 e. The average molecular weight is 361 g/mol. The van der Waals surface area contributed by atoms with Crippen LogP contribution in [-0.4, -0.2) is 16.2 Å². The summed E-state index contributed by atoms with van der Waals surface area (Å²) < 4.78 is 5.72. The van der Waals surface area contributed by atoms with E-state index in [1.54, 1.807) is 30.5 Å². The van der Waals surface area contributed by atoms with Crippen LogP contribution in [0.4, 0.5) is 5.95 Å². The number of nitrogens with zero attached hydrogens (tertiary/aromatic N) is 3. The van der Waals surface area contributed by atoms with Gasteiger partial charge in [-0.15, -0.1) is 0 Å². The first-order chi connectivity index (χ1) is 11.5. The number of nitrogens with one attached hydrogen (secondary N) is 1. The maximum atomic E-state index is 6.17. The van der Waals surface area contributed by atoms with Crippen molar-refractivity contribution < 1.29 is 4.42 Å². The van der Waals surface area contributed by atoms with E-state index in [1.807, 2.05) is 26.0 Å². The van der Waals surface area contributed by atoms with Crippen LogP contribution in [0, 0.1) is 13.8 Å². The lowest BCUT2D eigenvalue weighted by Crippen LogP contribution is -1.99. The highest BCUT2D eigenvalue weighted by atomic mass is 35.5. The van der Waals surface area contributed by atoms with E-state index in [0.717, 1.165) is 17.0 Å². The van der Waals surface area contributed by atoms with E-state index < -0.39 is 0 Å². The molecule has 1 N–H and O–H groups in total. The fourth-order valence-electron chi connectivity index (χ4n) is 2.18. The first-order valence-corrected chi connectivity index (χ1v) is 7.93. The van der Waals surface area contributed by atoms with E-state index >= 15 is 0 Å². The smallest absolute Gasteiger partial charge is 0.243 e. The van der Waals surface area contributed by atoms with E-state index in [4.69, 9.17) is 27.6 Å². The fourth-order valence-corrected chi connectivity index (χ4v) is 2.57. The lowest BCUT2D eigenvalue weighted by Gasteiger charge is -2.01. The van der Waals surface area contributed by atoms with Gasteiger partial charge >= 0.3 is 0 Å². The summed E-state index contributed by atoms with van der Waals surface area (Å²) in [5.41, 5.74) is 5.26. The maximum absolute atomic E-state index is 6.17. The van der Waals surface area contributed by atoms with Crippen LogP contribution in [0.3, 0.4) is 0 Å². The van der Waals surface area contributed by atoms with E-state index in [2.05, 4.69) is 20.5 Å². The summed E-state index contributed by atoms with van der Waals surface area (Å²) in [6, 6.07) is 10.7. The lowest BCUT2D eigenvalue weighted by atomic mass is 10.2. The first kappa shape index (κ1) is 16.5. The van der Waals surface area contributed by atoms with Gasteiger partial charge in [0.2, 0.25) is 5.95 Å². The van der Waals surface area contributed by atoms with Gasteiger partial charge in [-0.1, -0.05) is 23.2 Å². The highest BCUT2D eigenvalue weighted by Gasteiger charge is 2.08. The second kappa shape index (κ2) is 7.03. The summed E-state index contributed by atoms with van der Waals surface area (Å²) in [7, 11) is 0. The number of halogens is 2. The van der Waals surface area contributed by atoms with Crippen molar-refractivity contribution in [3.63, 3.8) is 0 Å². The number of hydrazone groups is 1. The third-order valence-corrected chi connectivity index (χ3v) is 3.72. The molecule has 1 aromatic carbocycles. The predicted molar refractivity (Wildman–Crippen MR) is 96.9 cm³/mol. The molecule has 0 aliphatic rings. The Morgan fingerprint density at radius 1 is 1.04 bits per heavy atom. The van der Waals surface area contributed by atoms with Crippen LogP contribution >= 0.6 is 23.2 Å². The molecule has 0 aliphatic heterocycles. The molecule has 0 radical (unpaired) electrons. The molecule has 0 saturated heterocycles. The molecular weight excluding hydrogens is 347 g/mol. The van der Waals surface area contributed by atoms with Crippen LogP contribution in [0.1, 0.15) is 17.1 Å². The van der Waals surface area contributed by atoms with Crippen molar-refractivity contribution in [2.24, 2.45) is 5.10 Å². The molecule has 0 amide bonds. The van der Waals surface area contributed by atoms with Gasteiger partial charge in [0.15, 0.2) is 0 Å². The first-order valence-electron chi connectivity index (χ1n) is 7.18. The van der Waals surface area contributed by atoms with Gasteiger partial charge in [-0.05, 0) is 50.2 Å². The molecule has 0 bridgehead atoms. The van der Waals surface area contributed by atoms with E-state index in [0.29, 0.717) is 27.5 Å². The molecule has 3 aromatic rings. The molecule has 0 saturated carbocycles. The van der Waals surface area contributed by atoms with Gasteiger partial charge in [0.05, 0.1) is 11.2 Å². The van der Waals surface area contributed by atoms with Crippen LogP contribution in [0.2, 0.25) is 10.0 Å². The zero-order valence-electron chi connectivity index (χ0n) is 13.0. The average Bonchev–Trinajstić information content (AvgIpc) is 2.97. The highest BCUT2D eigenvalue weighted by molar-refractivity contribution is 6.35. The summed E-state index contributed by atoms with van der Waals surface area (Å²) >= 11 is 12.2. The second-order valence-electron chi connectivity index (χ2n) is 5.17. The quantitative estimate of drug-likeness (QED) is 0.518. The van der Waals surface area contributed by atoms with Crippen LogP contribution in [0.15, 0.2) is 45.9 Å². The van der Waals surface area contributed by atoms with Crippen molar-refractivity contribution in [2.45, 2.75) is 13.8 Å². The molecule has 0 spiro atoms. The Kier molecular flexibility index (Phi) is 4.83. The molecule has 0 fully saturated rings. The topological polar surface area (TPSA) is 63.3 Å². The van der Waals surface area contributed by atoms with E-state index in [9.17, 15) is 0 Å². The number of rotatable bonds is 4. The normalized spacial score (nSPS) is 11.2. The summed E-state index contributed by atoms with van der Waals surface area (Å²) in [6.07, 6.45) is 1.54. The largest absolute Gasteiger partial charge is 0.455 e. The molecule has 2 heterocycles. The predicted octanol–water partition coefficient (Wildman–Crippen LogP) is 5.11. The van der Waals surface area contributed by atoms with Gasteiger partial charge in [0.25, 0.3) is 0 Å². The number of anilines is 1. The molecule has 122 valence electrons. The number of benzene rings is 1. The highest BCUT2D eigenvalue weighted by Crippen LogP contribution is 2.31. The van der Waals surface area contributed by atoms with Gasteiger partial charge in [-0.2, -0.15) is 5.10 Å².